The smallest absolute Gasteiger partial charge is 0.239 e. The van der Waals surface area contributed by atoms with Gasteiger partial charge in [-0.05, 0) is 57.4 Å². The molecular formula is C22H41N5O. The Balaban J connectivity index is 1.49. The first kappa shape index (κ1) is 21.4. The molecule has 1 N–H and O–H groups in total. The normalized spacial score (nSPS) is 25.5. The third-order valence-electron chi connectivity index (χ3n) is 6.94. The molecule has 6 heteroatoms. The maximum atomic E-state index is 12.3. The molecule has 6 nitrogen and oxygen atoms in total. The van der Waals surface area contributed by atoms with Gasteiger partial charge in [0.15, 0.2) is 5.96 Å². The molecule has 1 unspecified atom stereocenters. The first-order chi connectivity index (χ1) is 13.5. The summed E-state index contributed by atoms with van der Waals surface area (Å²) in [5.41, 5.74) is 0.559. The van der Waals surface area contributed by atoms with E-state index in [-0.39, 0.29) is 11.9 Å². The van der Waals surface area contributed by atoms with Gasteiger partial charge in [0.2, 0.25) is 5.91 Å². The van der Waals surface area contributed by atoms with Crippen LogP contribution >= 0.6 is 0 Å². The van der Waals surface area contributed by atoms with E-state index in [0.717, 1.165) is 57.9 Å². The Hall–Kier alpha value is -1.30. The minimum atomic E-state index is 0.0805. The van der Waals surface area contributed by atoms with Gasteiger partial charge in [-0.25, -0.2) is 0 Å². The summed E-state index contributed by atoms with van der Waals surface area (Å²) < 4.78 is 0. The summed E-state index contributed by atoms with van der Waals surface area (Å²) in [6.45, 7) is 8.27. The highest BCUT2D eigenvalue weighted by Crippen LogP contribution is 2.43. The highest BCUT2D eigenvalue weighted by molar-refractivity contribution is 5.81. The molecular weight excluding hydrogens is 350 g/mol. The van der Waals surface area contributed by atoms with Gasteiger partial charge in [-0.1, -0.05) is 19.3 Å². The zero-order chi connectivity index (χ0) is 20.0. The van der Waals surface area contributed by atoms with Crippen LogP contribution in [-0.2, 0) is 4.79 Å². The van der Waals surface area contributed by atoms with Crippen LogP contribution in [0.25, 0.3) is 0 Å². The standard InChI is InChI=1S/C22H41N5O/c1-4-23-21(27-17-13-22(18-27)11-6-5-7-12-22)24-14-9-16-26-15-8-10-19(26)20(28)25(2)3/h19H,4-18H2,1-3H3,(H,23,24). The molecule has 1 saturated carbocycles. The maximum Gasteiger partial charge on any atom is 0.239 e. The summed E-state index contributed by atoms with van der Waals surface area (Å²) in [5.74, 6) is 1.36. The third kappa shape index (κ3) is 5.19. The molecule has 3 aliphatic rings. The number of likely N-dealkylation sites (tertiary alicyclic amines) is 2. The van der Waals surface area contributed by atoms with Crippen molar-refractivity contribution in [2.75, 3.05) is 53.4 Å². The van der Waals surface area contributed by atoms with Crippen molar-refractivity contribution in [2.24, 2.45) is 10.4 Å². The summed E-state index contributed by atoms with van der Waals surface area (Å²) in [6.07, 6.45) is 11.5. The van der Waals surface area contributed by atoms with Crippen molar-refractivity contribution in [3.8, 4) is 0 Å². The van der Waals surface area contributed by atoms with Gasteiger partial charge in [0.05, 0.1) is 6.04 Å². The van der Waals surface area contributed by atoms with Crippen LogP contribution in [0.15, 0.2) is 4.99 Å². The van der Waals surface area contributed by atoms with Crippen LogP contribution in [0.4, 0.5) is 0 Å². The zero-order valence-electron chi connectivity index (χ0n) is 18.4. The molecule has 1 atom stereocenters. The Labute approximate surface area is 171 Å². The lowest BCUT2D eigenvalue weighted by Crippen LogP contribution is -2.43. The molecule has 1 spiro atoms. The number of rotatable bonds is 6. The minimum absolute atomic E-state index is 0.0805. The quantitative estimate of drug-likeness (QED) is 0.429. The molecule has 3 fully saturated rings. The molecule has 0 radical (unpaired) electrons. The second kappa shape index (κ2) is 9.95. The molecule has 0 aromatic heterocycles. The van der Waals surface area contributed by atoms with E-state index in [4.69, 9.17) is 4.99 Å². The van der Waals surface area contributed by atoms with E-state index in [2.05, 4.69) is 22.0 Å². The van der Waals surface area contributed by atoms with E-state index in [9.17, 15) is 4.79 Å². The van der Waals surface area contributed by atoms with Crippen molar-refractivity contribution in [1.82, 2.24) is 20.0 Å². The fraction of sp³-hybridized carbons (Fsp3) is 0.909. The van der Waals surface area contributed by atoms with Gasteiger partial charge in [-0.15, -0.1) is 0 Å². The number of hydrogen-bond acceptors (Lipinski definition) is 3. The number of amides is 1. The van der Waals surface area contributed by atoms with Crippen LogP contribution < -0.4 is 5.32 Å². The predicted molar refractivity (Wildman–Crippen MR) is 116 cm³/mol. The Morgan fingerprint density at radius 3 is 2.64 bits per heavy atom. The van der Waals surface area contributed by atoms with E-state index in [1.165, 1.54) is 45.1 Å². The van der Waals surface area contributed by atoms with Gasteiger partial charge in [-0.2, -0.15) is 0 Å². The molecule has 0 aromatic carbocycles. The monoisotopic (exact) mass is 391 g/mol. The fourth-order valence-corrected chi connectivity index (χ4v) is 5.38. The van der Waals surface area contributed by atoms with Crippen molar-refractivity contribution >= 4 is 11.9 Å². The lowest BCUT2D eigenvalue weighted by molar-refractivity contribution is -0.133. The van der Waals surface area contributed by atoms with Crippen molar-refractivity contribution < 1.29 is 4.79 Å². The third-order valence-corrected chi connectivity index (χ3v) is 6.94. The number of carbonyl (C=O) groups is 1. The summed E-state index contributed by atoms with van der Waals surface area (Å²) in [6, 6.07) is 0.0805. The van der Waals surface area contributed by atoms with Crippen LogP contribution in [0.5, 0.6) is 0 Å². The molecule has 0 aromatic rings. The predicted octanol–water partition coefficient (Wildman–Crippen LogP) is 2.55. The number of likely N-dealkylation sites (N-methyl/N-ethyl adjacent to an activating group) is 1. The van der Waals surface area contributed by atoms with Crippen LogP contribution in [0, 0.1) is 5.41 Å². The van der Waals surface area contributed by atoms with Crippen LogP contribution in [0.3, 0.4) is 0 Å². The van der Waals surface area contributed by atoms with E-state index in [1.807, 2.05) is 14.1 Å². The van der Waals surface area contributed by atoms with Crippen molar-refractivity contribution in [2.45, 2.75) is 70.8 Å². The van der Waals surface area contributed by atoms with Crippen LogP contribution in [0.2, 0.25) is 0 Å². The second-order valence-electron chi connectivity index (χ2n) is 9.25. The molecule has 2 heterocycles. The van der Waals surface area contributed by atoms with Gasteiger partial charge in [0.25, 0.3) is 0 Å². The number of hydrogen-bond donors (Lipinski definition) is 1. The number of carbonyl (C=O) groups excluding carboxylic acids is 1. The molecule has 2 saturated heterocycles. The van der Waals surface area contributed by atoms with E-state index >= 15 is 0 Å². The Kier molecular flexibility index (Phi) is 7.61. The first-order valence-electron chi connectivity index (χ1n) is 11.5. The van der Waals surface area contributed by atoms with Gasteiger partial charge in [-0.3, -0.25) is 14.7 Å². The maximum absolute atomic E-state index is 12.3. The SMILES string of the molecule is CCNC(=NCCCN1CCCC1C(=O)N(C)C)N1CCC2(CCCCC2)C1. The summed E-state index contributed by atoms with van der Waals surface area (Å²) in [7, 11) is 3.72. The average molecular weight is 392 g/mol. The van der Waals surface area contributed by atoms with E-state index in [0.29, 0.717) is 5.41 Å². The van der Waals surface area contributed by atoms with Gasteiger partial charge in [0, 0.05) is 46.8 Å². The molecule has 1 aliphatic carbocycles. The van der Waals surface area contributed by atoms with Crippen LogP contribution in [0.1, 0.15) is 64.7 Å². The van der Waals surface area contributed by atoms with Crippen molar-refractivity contribution in [3.63, 3.8) is 0 Å². The second-order valence-corrected chi connectivity index (χ2v) is 9.25. The molecule has 0 bridgehead atoms. The summed E-state index contributed by atoms with van der Waals surface area (Å²) in [5, 5.41) is 3.52. The molecule has 2 aliphatic heterocycles. The topological polar surface area (TPSA) is 51.2 Å². The number of aliphatic imine (C=N–C) groups is 1. The Morgan fingerprint density at radius 2 is 1.93 bits per heavy atom. The summed E-state index contributed by atoms with van der Waals surface area (Å²) in [4.78, 5) is 23.9. The van der Waals surface area contributed by atoms with E-state index < -0.39 is 0 Å². The van der Waals surface area contributed by atoms with E-state index in [1.54, 1.807) is 4.90 Å². The number of nitrogens with one attached hydrogen (secondary N) is 1. The fourth-order valence-electron chi connectivity index (χ4n) is 5.38. The molecule has 3 rings (SSSR count). The van der Waals surface area contributed by atoms with Crippen LogP contribution in [-0.4, -0.2) is 86.0 Å². The lowest BCUT2D eigenvalue weighted by Gasteiger charge is -2.33. The Morgan fingerprint density at radius 1 is 1.14 bits per heavy atom. The Bertz CT molecular complexity index is 541. The average Bonchev–Trinajstić information content (AvgIpc) is 3.31. The highest BCUT2D eigenvalue weighted by Gasteiger charge is 2.39. The largest absolute Gasteiger partial charge is 0.357 e. The van der Waals surface area contributed by atoms with Gasteiger partial charge < -0.3 is 15.1 Å². The molecule has 1 amide bonds. The van der Waals surface area contributed by atoms with Crippen molar-refractivity contribution in [3.05, 3.63) is 0 Å². The lowest BCUT2D eigenvalue weighted by atomic mass is 9.73. The zero-order valence-corrected chi connectivity index (χ0v) is 18.4. The van der Waals surface area contributed by atoms with Gasteiger partial charge in [0.1, 0.15) is 0 Å². The molecule has 160 valence electrons. The number of nitrogens with zero attached hydrogens (tertiary/aromatic N) is 4. The summed E-state index contributed by atoms with van der Waals surface area (Å²) >= 11 is 0. The molecule has 28 heavy (non-hydrogen) atoms. The van der Waals surface area contributed by atoms with Gasteiger partial charge >= 0.3 is 0 Å². The van der Waals surface area contributed by atoms with Crippen molar-refractivity contribution in [1.29, 1.82) is 0 Å². The number of guanidine groups is 1. The first-order valence-corrected chi connectivity index (χ1v) is 11.5. The highest BCUT2D eigenvalue weighted by atomic mass is 16.2. The minimum Gasteiger partial charge on any atom is -0.357 e.